The van der Waals surface area contributed by atoms with Gasteiger partial charge in [-0.25, -0.2) is 0 Å². The molecule has 2 aromatic rings. The van der Waals surface area contributed by atoms with Crippen LogP contribution in [0.5, 0.6) is 0 Å². The summed E-state index contributed by atoms with van der Waals surface area (Å²) in [4.78, 5) is 0. The van der Waals surface area contributed by atoms with Gasteiger partial charge in [0.05, 0.1) is 0 Å². The lowest BCUT2D eigenvalue weighted by Gasteiger charge is -2.09. The van der Waals surface area contributed by atoms with Crippen molar-refractivity contribution < 1.29 is 0 Å². The molecule has 0 atom stereocenters. The van der Waals surface area contributed by atoms with E-state index >= 15 is 0 Å². The van der Waals surface area contributed by atoms with Crippen molar-refractivity contribution in [3.63, 3.8) is 0 Å². The van der Waals surface area contributed by atoms with E-state index in [1.54, 1.807) is 12.1 Å². The minimum atomic E-state index is 0.671. The fourth-order valence-electron chi connectivity index (χ4n) is 1.53. The van der Waals surface area contributed by atoms with Crippen molar-refractivity contribution in [3.05, 3.63) is 27.8 Å². The van der Waals surface area contributed by atoms with Gasteiger partial charge in [0.15, 0.2) is 0 Å². The third kappa shape index (κ3) is 1.26. The molecule has 0 heterocycles. The van der Waals surface area contributed by atoms with Crippen molar-refractivity contribution in [2.45, 2.75) is 0 Å². The van der Waals surface area contributed by atoms with Crippen LogP contribution >= 0.6 is 22.6 Å². The van der Waals surface area contributed by atoms with Crippen LogP contribution in [0, 0.1) is 3.57 Å². The van der Waals surface area contributed by atoms with Crippen LogP contribution < -0.4 is 17.2 Å². The largest absolute Gasteiger partial charge is 0.398 e. The number of nitrogens with two attached hydrogens (primary N) is 3. The Hall–Kier alpha value is -1.17. The maximum atomic E-state index is 5.88. The number of benzene rings is 2. The van der Waals surface area contributed by atoms with Crippen LogP contribution in [0.3, 0.4) is 0 Å². The fourth-order valence-corrected chi connectivity index (χ4v) is 2.29. The summed E-state index contributed by atoms with van der Waals surface area (Å²) < 4.78 is 1.07. The Kier molecular flexibility index (Phi) is 2.14. The summed E-state index contributed by atoms with van der Waals surface area (Å²) in [5.41, 5.74) is 19.6. The molecule has 0 unspecified atom stereocenters. The Labute approximate surface area is 95.4 Å². The molecule has 0 aromatic heterocycles. The maximum Gasteiger partial charge on any atom is 0.0416 e. The lowest BCUT2D eigenvalue weighted by atomic mass is 10.1. The molecule has 0 saturated carbocycles. The van der Waals surface area contributed by atoms with Gasteiger partial charge in [0.2, 0.25) is 0 Å². The second kappa shape index (κ2) is 3.20. The smallest absolute Gasteiger partial charge is 0.0416 e. The summed E-state index contributed by atoms with van der Waals surface area (Å²) in [6.07, 6.45) is 0. The summed E-state index contributed by atoms with van der Waals surface area (Å²) in [6, 6.07) is 7.37. The first kappa shape index (κ1) is 9.39. The van der Waals surface area contributed by atoms with Gasteiger partial charge in [0.1, 0.15) is 0 Å². The zero-order valence-electron chi connectivity index (χ0n) is 7.42. The van der Waals surface area contributed by atoms with Crippen LogP contribution in [0.1, 0.15) is 0 Å². The second-order valence-corrected chi connectivity index (χ2v) is 4.29. The van der Waals surface area contributed by atoms with Gasteiger partial charge in [0, 0.05) is 31.4 Å². The molecule has 0 fully saturated rings. The second-order valence-electron chi connectivity index (χ2n) is 3.13. The van der Waals surface area contributed by atoms with Gasteiger partial charge in [-0.05, 0) is 46.9 Å². The van der Waals surface area contributed by atoms with Crippen LogP contribution in [0.2, 0.25) is 0 Å². The lowest BCUT2D eigenvalue weighted by Crippen LogP contribution is -1.97. The summed E-state index contributed by atoms with van der Waals surface area (Å²) in [5.74, 6) is 0. The average Bonchev–Trinajstić information content (AvgIpc) is 2.16. The highest BCUT2D eigenvalue weighted by Gasteiger charge is 2.08. The van der Waals surface area contributed by atoms with E-state index in [9.17, 15) is 0 Å². The third-order valence-corrected chi connectivity index (χ3v) is 3.11. The Balaban J connectivity index is 3.05. The minimum Gasteiger partial charge on any atom is -0.398 e. The van der Waals surface area contributed by atoms with E-state index < -0.39 is 0 Å². The fraction of sp³-hybridized carbons (Fsp3) is 0. The predicted octanol–water partition coefficient (Wildman–Crippen LogP) is 2.19. The number of anilines is 3. The van der Waals surface area contributed by atoms with Crippen LogP contribution in [0.4, 0.5) is 17.1 Å². The zero-order chi connectivity index (χ0) is 10.3. The summed E-state index contributed by atoms with van der Waals surface area (Å²) in [7, 11) is 0. The summed E-state index contributed by atoms with van der Waals surface area (Å²) >= 11 is 2.23. The summed E-state index contributed by atoms with van der Waals surface area (Å²) in [5, 5.41) is 1.81. The molecular weight excluding hydrogens is 289 g/mol. The van der Waals surface area contributed by atoms with Crippen LogP contribution in [-0.2, 0) is 0 Å². The van der Waals surface area contributed by atoms with Crippen molar-refractivity contribution in [1.82, 2.24) is 0 Å². The molecule has 14 heavy (non-hydrogen) atoms. The number of hydrogen-bond acceptors (Lipinski definition) is 3. The van der Waals surface area contributed by atoms with Gasteiger partial charge in [-0.2, -0.15) is 0 Å². The molecule has 2 rings (SSSR count). The van der Waals surface area contributed by atoms with Crippen molar-refractivity contribution in [2.75, 3.05) is 17.2 Å². The molecule has 0 saturated heterocycles. The van der Waals surface area contributed by atoms with E-state index in [1.165, 1.54) is 0 Å². The standard InChI is InChI=1S/C10H10IN3/c11-5-1-2-7(13)10-8(14)4-3-6(12)9(5)10/h1-4H,12-14H2. The average molecular weight is 299 g/mol. The highest BCUT2D eigenvalue weighted by atomic mass is 127. The van der Waals surface area contributed by atoms with Gasteiger partial charge < -0.3 is 17.2 Å². The molecular formula is C10H10IN3. The minimum absolute atomic E-state index is 0.671. The number of halogens is 1. The van der Waals surface area contributed by atoms with Gasteiger partial charge in [-0.1, -0.05) is 0 Å². The van der Waals surface area contributed by atoms with E-state index in [-0.39, 0.29) is 0 Å². The number of hydrogen-bond donors (Lipinski definition) is 3. The first-order valence-electron chi connectivity index (χ1n) is 4.13. The van der Waals surface area contributed by atoms with E-state index in [0.29, 0.717) is 17.1 Å². The Morgan fingerprint density at radius 3 is 1.64 bits per heavy atom. The highest BCUT2D eigenvalue weighted by molar-refractivity contribution is 14.1. The van der Waals surface area contributed by atoms with Crippen LogP contribution in [0.15, 0.2) is 24.3 Å². The topological polar surface area (TPSA) is 78.1 Å². The molecule has 72 valence electrons. The van der Waals surface area contributed by atoms with Gasteiger partial charge in [0.25, 0.3) is 0 Å². The molecule has 0 aliphatic rings. The monoisotopic (exact) mass is 299 g/mol. The SMILES string of the molecule is Nc1ccc(N)c2c(I)ccc(N)c12. The Morgan fingerprint density at radius 1 is 0.714 bits per heavy atom. The van der Waals surface area contributed by atoms with Gasteiger partial charge >= 0.3 is 0 Å². The van der Waals surface area contributed by atoms with Crippen molar-refractivity contribution in [2.24, 2.45) is 0 Å². The molecule has 0 aliphatic carbocycles. The van der Waals surface area contributed by atoms with Crippen molar-refractivity contribution in [3.8, 4) is 0 Å². The normalized spacial score (nSPS) is 10.6. The zero-order valence-corrected chi connectivity index (χ0v) is 9.58. The van der Waals surface area contributed by atoms with Crippen LogP contribution in [0.25, 0.3) is 10.8 Å². The number of nitrogen functional groups attached to an aromatic ring is 3. The molecule has 0 amide bonds. The van der Waals surface area contributed by atoms with E-state index in [4.69, 9.17) is 17.2 Å². The Bertz CT molecular complexity index is 419. The Morgan fingerprint density at radius 2 is 1.14 bits per heavy atom. The maximum absolute atomic E-state index is 5.88. The van der Waals surface area contributed by atoms with Gasteiger partial charge in [-0.15, -0.1) is 0 Å². The number of fused-ring (bicyclic) bond motifs is 1. The van der Waals surface area contributed by atoms with E-state index in [1.807, 2.05) is 12.1 Å². The highest BCUT2D eigenvalue weighted by Crippen LogP contribution is 2.34. The summed E-state index contributed by atoms with van der Waals surface area (Å²) in [6.45, 7) is 0. The number of rotatable bonds is 0. The molecule has 0 radical (unpaired) electrons. The van der Waals surface area contributed by atoms with E-state index in [0.717, 1.165) is 14.3 Å². The first-order valence-corrected chi connectivity index (χ1v) is 5.21. The first-order chi connectivity index (χ1) is 6.61. The molecule has 6 N–H and O–H groups in total. The lowest BCUT2D eigenvalue weighted by molar-refractivity contribution is 1.67. The van der Waals surface area contributed by atoms with Crippen molar-refractivity contribution >= 4 is 50.4 Å². The molecule has 3 nitrogen and oxygen atoms in total. The van der Waals surface area contributed by atoms with Crippen molar-refractivity contribution in [1.29, 1.82) is 0 Å². The molecule has 0 bridgehead atoms. The molecule has 4 heteroatoms. The molecule has 0 spiro atoms. The van der Waals surface area contributed by atoms with Gasteiger partial charge in [-0.3, -0.25) is 0 Å². The van der Waals surface area contributed by atoms with Crippen LogP contribution in [-0.4, -0.2) is 0 Å². The van der Waals surface area contributed by atoms with E-state index in [2.05, 4.69) is 22.6 Å². The molecule has 2 aromatic carbocycles. The molecule has 0 aliphatic heterocycles. The third-order valence-electron chi connectivity index (χ3n) is 2.21. The quantitative estimate of drug-likeness (QED) is 0.515. The predicted molar refractivity (Wildman–Crippen MR) is 69.9 cm³/mol.